The number of amides is 1. The smallest absolute Gasteiger partial charge is 0.305 e. The van der Waals surface area contributed by atoms with Gasteiger partial charge in [-0.3, -0.25) is 9.59 Å². The molecule has 22 heavy (non-hydrogen) atoms. The van der Waals surface area contributed by atoms with E-state index in [2.05, 4.69) is 5.32 Å². The molecule has 0 aromatic heterocycles. The first-order chi connectivity index (χ1) is 10.6. The second-order valence-corrected chi connectivity index (χ2v) is 7.38. The third-order valence-electron chi connectivity index (χ3n) is 4.32. The zero-order chi connectivity index (χ0) is 15.6. The summed E-state index contributed by atoms with van der Waals surface area (Å²) in [4.78, 5) is 25.4. The van der Waals surface area contributed by atoms with E-state index in [0.29, 0.717) is 6.54 Å². The highest BCUT2D eigenvalue weighted by molar-refractivity contribution is 8.02. The minimum absolute atomic E-state index is 0.0295. The molecule has 5 nitrogen and oxygen atoms in total. The number of hydrogen-bond acceptors (Lipinski definition) is 4. The molecule has 0 aliphatic carbocycles. The van der Waals surface area contributed by atoms with Gasteiger partial charge in [0.25, 0.3) is 0 Å². The van der Waals surface area contributed by atoms with E-state index >= 15 is 0 Å². The monoisotopic (exact) mass is 320 g/mol. The number of thioether (sulfide) groups is 1. The Morgan fingerprint density at radius 1 is 1.32 bits per heavy atom. The number of hydrogen-bond donors (Lipinski definition) is 2. The second kappa shape index (κ2) is 6.30. The second-order valence-electron chi connectivity index (χ2n) is 5.81. The summed E-state index contributed by atoms with van der Waals surface area (Å²) in [5, 5.41) is 11.9. The largest absolute Gasteiger partial charge is 0.481 e. The summed E-state index contributed by atoms with van der Waals surface area (Å²) in [6.07, 6.45) is 1.64. The number of benzene rings is 1. The van der Waals surface area contributed by atoms with Crippen LogP contribution in [0.1, 0.15) is 24.8 Å². The number of carboxylic acid groups (broad SMARTS) is 1. The Balaban J connectivity index is 1.85. The average molecular weight is 320 g/mol. The minimum atomic E-state index is -0.906. The van der Waals surface area contributed by atoms with Crippen LogP contribution in [-0.4, -0.2) is 45.1 Å². The number of carbonyl (C=O) groups is 2. The van der Waals surface area contributed by atoms with Crippen molar-refractivity contribution in [3.63, 3.8) is 0 Å². The number of aliphatic carboxylic acids is 1. The van der Waals surface area contributed by atoms with Crippen LogP contribution >= 0.6 is 11.8 Å². The molecule has 3 rings (SSSR count). The number of carboxylic acids is 1. The maximum atomic E-state index is 12.7. The summed E-state index contributed by atoms with van der Waals surface area (Å²) in [5.41, 5.74) is 1.09. The zero-order valence-corrected chi connectivity index (χ0v) is 13.1. The average Bonchev–Trinajstić information content (AvgIpc) is 2.74. The molecule has 0 saturated carbocycles. The van der Waals surface area contributed by atoms with Crippen molar-refractivity contribution in [2.24, 2.45) is 0 Å². The quantitative estimate of drug-likeness (QED) is 0.883. The fraction of sp³-hybridized carbons (Fsp3) is 0.500. The van der Waals surface area contributed by atoms with E-state index in [4.69, 9.17) is 5.11 Å². The topological polar surface area (TPSA) is 69.6 Å². The number of nitrogens with zero attached hydrogens (tertiary/aromatic N) is 1. The van der Waals surface area contributed by atoms with E-state index in [9.17, 15) is 9.59 Å². The Labute approximate surface area is 134 Å². The number of rotatable bonds is 4. The van der Waals surface area contributed by atoms with Crippen molar-refractivity contribution in [2.75, 3.05) is 13.1 Å². The van der Waals surface area contributed by atoms with Crippen molar-refractivity contribution in [1.82, 2.24) is 10.2 Å². The molecule has 1 aromatic rings. The molecule has 6 heteroatoms. The van der Waals surface area contributed by atoms with Gasteiger partial charge in [-0.15, -0.1) is 11.8 Å². The van der Waals surface area contributed by atoms with Crippen molar-refractivity contribution in [3.8, 4) is 0 Å². The number of nitrogens with one attached hydrogen (secondary N) is 1. The molecular weight excluding hydrogens is 300 g/mol. The van der Waals surface area contributed by atoms with Crippen LogP contribution in [0.25, 0.3) is 0 Å². The maximum absolute atomic E-state index is 12.7. The molecule has 1 amide bonds. The van der Waals surface area contributed by atoms with Gasteiger partial charge in [0.05, 0.1) is 16.5 Å². The Morgan fingerprint density at radius 3 is 2.64 bits per heavy atom. The van der Waals surface area contributed by atoms with Crippen LogP contribution in [0.4, 0.5) is 0 Å². The summed E-state index contributed by atoms with van der Waals surface area (Å²) in [7, 11) is 0. The molecule has 2 heterocycles. The van der Waals surface area contributed by atoms with Crippen molar-refractivity contribution in [1.29, 1.82) is 0 Å². The molecule has 1 spiro atoms. The van der Waals surface area contributed by atoms with Gasteiger partial charge in [-0.1, -0.05) is 30.3 Å². The maximum Gasteiger partial charge on any atom is 0.305 e. The van der Waals surface area contributed by atoms with Crippen molar-refractivity contribution < 1.29 is 14.7 Å². The van der Waals surface area contributed by atoms with Gasteiger partial charge < -0.3 is 15.3 Å². The Kier molecular flexibility index (Phi) is 4.40. The van der Waals surface area contributed by atoms with Gasteiger partial charge in [0, 0.05) is 6.54 Å². The molecule has 2 saturated heterocycles. The van der Waals surface area contributed by atoms with Crippen LogP contribution < -0.4 is 5.32 Å². The molecule has 2 aliphatic heterocycles. The summed E-state index contributed by atoms with van der Waals surface area (Å²) in [5.74, 6) is -0.936. The molecule has 1 aromatic carbocycles. The van der Waals surface area contributed by atoms with Crippen molar-refractivity contribution >= 4 is 23.6 Å². The SMILES string of the molecule is O=C(O)CC1SC2(CCNCC2)N(Cc2ccccc2)C1=O. The Hall–Kier alpha value is -1.53. The van der Waals surface area contributed by atoms with Gasteiger partial charge in [0.15, 0.2) is 0 Å². The molecule has 0 radical (unpaired) electrons. The van der Waals surface area contributed by atoms with Crippen molar-refractivity contribution in [2.45, 2.75) is 35.9 Å². The fourth-order valence-corrected chi connectivity index (χ4v) is 4.94. The first-order valence-corrected chi connectivity index (χ1v) is 8.44. The van der Waals surface area contributed by atoms with Crippen LogP contribution in [0.3, 0.4) is 0 Å². The van der Waals surface area contributed by atoms with E-state index in [-0.39, 0.29) is 17.2 Å². The molecule has 2 aliphatic rings. The molecule has 118 valence electrons. The predicted octanol–water partition coefficient (Wildman–Crippen LogP) is 1.68. The van der Waals surface area contributed by atoms with E-state index in [1.165, 1.54) is 0 Å². The third-order valence-corrected chi connectivity index (χ3v) is 6.04. The lowest BCUT2D eigenvalue weighted by Gasteiger charge is -2.40. The van der Waals surface area contributed by atoms with Gasteiger partial charge in [0.1, 0.15) is 0 Å². The highest BCUT2D eigenvalue weighted by Crippen LogP contribution is 2.48. The summed E-state index contributed by atoms with van der Waals surface area (Å²) in [6, 6.07) is 9.91. The predicted molar refractivity (Wildman–Crippen MR) is 85.5 cm³/mol. The van der Waals surface area contributed by atoms with Crippen LogP contribution in [0.5, 0.6) is 0 Å². The van der Waals surface area contributed by atoms with Crippen LogP contribution in [-0.2, 0) is 16.1 Å². The summed E-state index contributed by atoms with van der Waals surface area (Å²) in [6.45, 7) is 2.29. The Bertz CT molecular complexity index is 558. The van der Waals surface area contributed by atoms with Crippen LogP contribution in [0, 0.1) is 0 Å². The van der Waals surface area contributed by atoms with Gasteiger partial charge in [-0.25, -0.2) is 0 Å². The van der Waals surface area contributed by atoms with E-state index in [0.717, 1.165) is 31.5 Å². The van der Waals surface area contributed by atoms with E-state index < -0.39 is 11.2 Å². The lowest BCUT2D eigenvalue weighted by molar-refractivity contribution is -0.141. The normalized spacial score (nSPS) is 23.9. The van der Waals surface area contributed by atoms with E-state index in [1.54, 1.807) is 11.8 Å². The number of piperidine rings is 1. The molecule has 2 N–H and O–H groups in total. The van der Waals surface area contributed by atoms with Crippen LogP contribution in [0.2, 0.25) is 0 Å². The number of carbonyl (C=O) groups excluding carboxylic acids is 1. The van der Waals surface area contributed by atoms with Gasteiger partial charge in [0.2, 0.25) is 5.91 Å². The summed E-state index contributed by atoms with van der Waals surface area (Å²) < 4.78 is 0. The zero-order valence-electron chi connectivity index (χ0n) is 12.3. The standard InChI is InChI=1S/C16H20N2O3S/c19-14(20)10-13-15(21)18(11-12-4-2-1-3-5-12)16(22-13)6-8-17-9-7-16/h1-5,13,17H,6-11H2,(H,19,20). The highest BCUT2D eigenvalue weighted by atomic mass is 32.2. The minimum Gasteiger partial charge on any atom is -0.481 e. The first-order valence-electron chi connectivity index (χ1n) is 7.56. The van der Waals surface area contributed by atoms with E-state index in [1.807, 2.05) is 35.2 Å². The lowest BCUT2D eigenvalue weighted by atomic mass is 10.0. The molecule has 0 bridgehead atoms. The van der Waals surface area contributed by atoms with Crippen molar-refractivity contribution in [3.05, 3.63) is 35.9 Å². The lowest BCUT2D eigenvalue weighted by Crippen LogP contribution is -2.50. The molecule has 1 atom stereocenters. The molecule has 1 unspecified atom stereocenters. The van der Waals surface area contributed by atoms with Gasteiger partial charge in [-0.05, 0) is 31.5 Å². The molecule has 2 fully saturated rings. The van der Waals surface area contributed by atoms with Gasteiger partial charge in [-0.2, -0.15) is 0 Å². The highest BCUT2D eigenvalue weighted by Gasteiger charge is 2.52. The van der Waals surface area contributed by atoms with Crippen LogP contribution in [0.15, 0.2) is 30.3 Å². The third kappa shape index (κ3) is 2.98. The van der Waals surface area contributed by atoms with Gasteiger partial charge >= 0.3 is 5.97 Å². The Morgan fingerprint density at radius 2 is 2.00 bits per heavy atom. The fourth-order valence-electron chi connectivity index (χ4n) is 3.23. The first kappa shape index (κ1) is 15.4. The molecular formula is C16H20N2O3S. The summed E-state index contributed by atoms with van der Waals surface area (Å²) >= 11 is 1.55.